The molecule has 0 aliphatic carbocycles. The number of amides is 1. The van der Waals surface area contributed by atoms with Crippen molar-refractivity contribution in [3.63, 3.8) is 0 Å². The molecule has 3 heteroatoms. The van der Waals surface area contributed by atoms with Gasteiger partial charge in [0.05, 0.1) is 0 Å². The molecule has 17 heavy (non-hydrogen) atoms. The van der Waals surface area contributed by atoms with Gasteiger partial charge in [0.1, 0.15) is 5.60 Å². The fourth-order valence-corrected chi connectivity index (χ4v) is 1.50. The lowest BCUT2D eigenvalue weighted by atomic mass is 10.0. The zero-order chi connectivity index (χ0) is 13.3. The molecular formula is C14H29NO2. The number of hydrogen-bond donors (Lipinski definition) is 1. The van der Waals surface area contributed by atoms with Crippen LogP contribution >= 0.6 is 0 Å². The highest BCUT2D eigenvalue weighted by Crippen LogP contribution is 2.12. The fourth-order valence-electron chi connectivity index (χ4n) is 1.50. The van der Waals surface area contributed by atoms with Crippen LogP contribution in [0.15, 0.2) is 0 Å². The Balaban J connectivity index is 3.37. The van der Waals surface area contributed by atoms with E-state index in [2.05, 4.69) is 19.2 Å². The number of unbranched alkanes of at least 4 members (excludes halogenated alkanes) is 2. The lowest BCUT2D eigenvalue weighted by molar-refractivity contribution is 0.0527. The molecule has 0 aliphatic heterocycles. The Kier molecular flexibility index (Phi) is 8.01. The van der Waals surface area contributed by atoms with Crippen molar-refractivity contribution in [2.75, 3.05) is 6.54 Å². The van der Waals surface area contributed by atoms with Gasteiger partial charge in [-0.05, 0) is 33.1 Å². The van der Waals surface area contributed by atoms with E-state index in [1.165, 1.54) is 25.7 Å². The minimum atomic E-state index is -0.402. The van der Waals surface area contributed by atoms with Gasteiger partial charge >= 0.3 is 6.09 Å². The van der Waals surface area contributed by atoms with Gasteiger partial charge in [0.2, 0.25) is 0 Å². The van der Waals surface area contributed by atoms with Gasteiger partial charge in [-0.2, -0.15) is 0 Å². The van der Waals surface area contributed by atoms with Crippen molar-refractivity contribution >= 4 is 6.09 Å². The quantitative estimate of drug-likeness (QED) is 0.683. The van der Waals surface area contributed by atoms with Gasteiger partial charge in [-0.15, -0.1) is 0 Å². The maximum absolute atomic E-state index is 11.3. The number of hydrogen-bond acceptors (Lipinski definition) is 2. The SMILES string of the molecule is CCC(C)CCCCCNC(=O)OC(C)(C)C. The number of rotatable bonds is 7. The highest BCUT2D eigenvalue weighted by molar-refractivity contribution is 5.67. The zero-order valence-corrected chi connectivity index (χ0v) is 12.1. The lowest BCUT2D eigenvalue weighted by Gasteiger charge is -2.19. The van der Waals surface area contributed by atoms with Gasteiger partial charge in [0.15, 0.2) is 0 Å². The van der Waals surface area contributed by atoms with Crippen molar-refractivity contribution in [2.24, 2.45) is 5.92 Å². The van der Waals surface area contributed by atoms with Crippen molar-refractivity contribution < 1.29 is 9.53 Å². The lowest BCUT2D eigenvalue weighted by Crippen LogP contribution is -2.32. The van der Waals surface area contributed by atoms with Crippen LogP contribution in [0.2, 0.25) is 0 Å². The Hall–Kier alpha value is -0.730. The van der Waals surface area contributed by atoms with E-state index in [-0.39, 0.29) is 6.09 Å². The molecule has 1 atom stereocenters. The minimum absolute atomic E-state index is 0.306. The minimum Gasteiger partial charge on any atom is -0.444 e. The maximum atomic E-state index is 11.3. The summed E-state index contributed by atoms with van der Waals surface area (Å²) < 4.78 is 5.15. The summed E-state index contributed by atoms with van der Waals surface area (Å²) in [5, 5.41) is 2.78. The van der Waals surface area contributed by atoms with Crippen molar-refractivity contribution in [1.29, 1.82) is 0 Å². The van der Waals surface area contributed by atoms with Crippen LogP contribution in [0.3, 0.4) is 0 Å². The Labute approximate surface area is 106 Å². The van der Waals surface area contributed by atoms with E-state index >= 15 is 0 Å². The summed E-state index contributed by atoms with van der Waals surface area (Å²) in [7, 11) is 0. The Bertz CT molecular complexity index is 209. The largest absolute Gasteiger partial charge is 0.444 e. The third-order valence-corrected chi connectivity index (χ3v) is 2.74. The maximum Gasteiger partial charge on any atom is 0.407 e. The molecule has 0 aromatic heterocycles. The van der Waals surface area contributed by atoms with Gasteiger partial charge in [-0.25, -0.2) is 4.79 Å². The molecule has 0 rings (SSSR count). The molecule has 0 saturated carbocycles. The van der Waals surface area contributed by atoms with Crippen LogP contribution in [0.4, 0.5) is 4.79 Å². The van der Waals surface area contributed by atoms with E-state index in [0.717, 1.165) is 18.9 Å². The van der Waals surface area contributed by atoms with E-state index in [4.69, 9.17) is 4.74 Å². The molecule has 0 heterocycles. The van der Waals surface area contributed by atoms with E-state index in [0.29, 0.717) is 0 Å². The molecule has 0 bridgehead atoms. The monoisotopic (exact) mass is 243 g/mol. The Morgan fingerprint density at radius 2 is 1.88 bits per heavy atom. The molecule has 0 saturated heterocycles. The number of ether oxygens (including phenoxy) is 1. The second-order valence-electron chi connectivity index (χ2n) is 5.79. The first kappa shape index (κ1) is 16.3. The normalized spacial score (nSPS) is 13.2. The number of nitrogens with one attached hydrogen (secondary N) is 1. The average Bonchev–Trinajstić information content (AvgIpc) is 2.20. The number of carbonyl (C=O) groups excluding carboxylic acids is 1. The molecule has 0 spiro atoms. The topological polar surface area (TPSA) is 38.3 Å². The molecule has 3 nitrogen and oxygen atoms in total. The van der Waals surface area contributed by atoms with Crippen LogP contribution in [0.25, 0.3) is 0 Å². The Morgan fingerprint density at radius 3 is 2.41 bits per heavy atom. The molecule has 1 unspecified atom stereocenters. The standard InChI is InChI=1S/C14H29NO2/c1-6-12(2)10-8-7-9-11-15-13(16)17-14(3,4)5/h12H,6-11H2,1-5H3,(H,15,16). The van der Waals surface area contributed by atoms with Crippen LogP contribution in [-0.4, -0.2) is 18.2 Å². The van der Waals surface area contributed by atoms with Crippen LogP contribution in [0.5, 0.6) is 0 Å². The summed E-state index contributed by atoms with van der Waals surface area (Å²) in [6.07, 6.45) is 5.72. The highest BCUT2D eigenvalue weighted by atomic mass is 16.6. The molecule has 0 aliphatic rings. The second kappa shape index (κ2) is 8.37. The average molecular weight is 243 g/mol. The summed E-state index contributed by atoms with van der Waals surface area (Å²) in [6.45, 7) is 10.9. The van der Waals surface area contributed by atoms with Crippen molar-refractivity contribution in [1.82, 2.24) is 5.32 Å². The van der Waals surface area contributed by atoms with Gasteiger partial charge in [-0.3, -0.25) is 0 Å². The van der Waals surface area contributed by atoms with Gasteiger partial charge in [0.25, 0.3) is 0 Å². The first-order chi connectivity index (χ1) is 7.85. The van der Waals surface area contributed by atoms with E-state index < -0.39 is 5.60 Å². The van der Waals surface area contributed by atoms with Crippen LogP contribution < -0.4 is 5.32 Å². The predicted octanol–water partition coefficient (Wildman–Crippen LogP) is 4.12. The molecule has 0 aromatic rings. The molecule has 0 aromatic carbocycles. The van der Waals surface area contributed by atoms with Crippen molar-refractivity contribution in [2.45, 2.75) is 72.3 Å². The summed E-state index contributed by atoms with van der Waals surface area (Å²) in [4.78, 5) is 11.3. The Morgan fingerprint density at radius 1 is 1.24 bits per heavy atom. The molecule has 0 fully saturated rings. The third-order valence-electron chi connectivity index (χ3n) is 2.74. The smallest absolute Gasteiger partial charge is 0.407 e. The number of carbonyl (C=O) groups is 1. The van der Waals surface area contributed by atoms with Gasteiger partial charge in [-0.1, -0.05) is 39.5 Å². The van der Waals surface area contributed by atoms with Gasteiger partial charge < -0.3 is 10.1 Å². The highest BCUT2D eigenvalue weighted by Gasteiger charge is 2.15. The first-order valence-electron chi connectivity index (χ1n) is 6.82. The first-order valence-corrected chi connectivity index (χ1v) is 6.82. The summed E-state index contributed by atoms with van der Waals surface area (Å²) >= 11 is 0. The third kappa shape index (κ3) is 11.5. The summed E-state index contributed by atoms with van der Waals surface area (Å²) in [6, 6.07) is 0. The summed E-state index contributed by atoms with van der Waals surface area (Å²) in [5.41, 5.74) is -0.402. The molecule has 0 radical (unpaired) electrons. The van der Waals surface area contributed by atoms with Crippen LogP contribution in [0.1, 0.15) is 66.7 Å². The zero-order valence-electron chi connectivity index (χ0n) is 12.1. The van der Waals surface area contributed by atoms with E-state index in [1.807, 2.05) is 20.8 Å². The number of alkyl carbamates (subject to hydrolysis) is 1. The fraction of sp³-hybridized carbons (Fsp3) is 0.929. The summed E-state index contributed by atoms with van der Waals surface area (Å²) in [5.74, 6) is 0.828. The molecule has 1 amide bonds. The molecule has 102 valence electrons. The van der Waals surface area contributed by atoms with Crippen LogP contribution in [-0.2, 0) is 4.74 Å². The van der Waals surface area contributed by atoms with Gasteiger partial charge in [0, 0.05) is 6.54 Å². The van der Waals surface area contributed by atoms with E-state index in [9.17, 15) is 4.79 Å². The van der Waals surface area contributed by atoms with E-state index in [1.54, 1.807) is 0 Å². The predicted molar refractivity (Wildman–Crippen MR) is 72.2 cm³/mol. The van der Waals surface area contributed by atoms with Crippen molar-refractivity contribution in [3.8, 4) is 0 Å². The van der Waals surface area contributed by atoms with Crippen LogP contribution in [0, 0.1) is 5.92 Å². The molecular weight excluding hydrogens is 214 g/mol. The molecule has 1 N–H and O–H groups in total. The van der Waals surface area contributed by atoms with Crippen molar-refractivity contribution in [3.05, 3.63) is 0 Å². The second-order valence-corrected chi connectivity index (χ2v) is 5.79.